The summed E-state index contributed by atoms with van der Waals surface area (Å²) >= 11 is 0. The van der Waals surface area contributed by atoms with Crippen molar-refractivity contribution in [3.63, 3.8) is 0 Å². The maximum atomic E-state index is 13.0. The predicted molar refractivity (Wildman–Crippen MR) is 82.5 cm³/mol. The number of benzene rings is 1. The maximum absolute atomic E-state index is 13.0. The summed E-state index contributed by atoms with van der Waals surface area (Å²) < 4.78 is 7.29. The van der Waals surface area contributed by atoms with E-state index in [2.05, 4.69) is 14.5 Å². The molecule has 1 aliphatic heterocycles. The maximum Gasteiger partial charge on any atom is 0.277 e. The summed E-state index contributed by atoms with van der Waals surface area (Å²) in [5.41, 5.74) is 1.47. The Morgan fingerprint density at radius 3 is 2.83 bits per heavy atom. The summed E-state index contributed by atoms with van der Waals surface area (Å²) in [6, 6.07) is 9.99. The lowest BCUT2D eigenvalue weighted by Crippen LogP contribution is -2.41. The molecule has 23 heavy (non-hydrogen) atoms. The number of amides is 1. The number of hydrogen-bond acceptors (Lipinski definition) is 4. The van der Waals surface area contributed by atoms with Crippen molar-refractivity contribution in [3.05, 3.63) is 72.0 Å². The molecular formula is C17H16N4O2. The van der Waals surface area contributed by atoms with Crippen LogP contribution >= 0.6 is 0 Å². The Hall–Kier alpha value is -2.89. The van der Waals surface area contributed by atoms with Gasteiger partial charge in [-0.2, -0.15) is 0 Å². The van der Waals surface area contributed by atoms with Crippen LogP contribution in [0.5, 0.6) is 0 Å². The van der Waals surface area contributed by atoms with Crippen LogP contribution in [0.15, 0.2) is 53.5 Å². The number of imidazole rings is 1. The minimum absolute atomic E-state index is 0.0542. The molecule has 1 aromatic carbocycles. The largest absolute Gasteiger partial charge is 0.448 e. The van der Waals surface area contributed by atoms with Crippen LogP contribution in [-0.2, 0) is 13.1 Å². The average molecular weight is 308 g/mol. The number of aromatic nitrogens is 3. The Morgan fingerprint density at radius 2 is 2.09 bits per heavy atom. The smallest absolute Gasteiger partial charge is 0.277 e. The molecule has 0 N–H and O–H groups in total. The fourth-order valence-electron chi connectivity index (χ4n) is 3.03. The number of fused-ring (bicyclic) bond motifs is 1. The first kappa shape index (κ1) is 13.8. The van der Waals surface area contributed by atoms with E-state index in [1.165, 1.54) is 6.39 Å². The van der Waals surface area contributed by atoms with Gasteiger partial charge in [-0.25, -0.2) is 9.97 Å². The number of hydrogen-bond donors (Lipinski definition) is 0. The number of oxazole rings is 1. The number of carbonyl (C=O) groups excluding carboxylic acids is 1. The van der Waals surface area contributed by atoms with Crippen molar-refractivity contribution in [2.75, 3.05) is 0 Å². The summed E-state index contributed by atoms with van der Waals surface area (Å²) in [5, 5.41) is 0. The average Bonchev–Trinajstić information content (AvgIpc) is 3.22. The second-order valence-electron chi connectivity index (χ2n) is 5.61. The van der Waals surface area contributed by atoms with Gasteiger partial charge in [0, 0.05) is 18.9 Å². The van der Waals surface area contributed by atoms with Gasteiger partial charge < -0.3 is 13.9 Å². The van der Waals surface area contributed by atoms with Gasteiger partial charge in [-0.15, -0.1) is 0 Å². The van der Waals surface area contributed by atoms with Gasteiger partial charge >= 0.3 is 0 Å². The number of aryl methyl sites for hydroxylation is 1. The fraction of sp³-hybridized carbons (Fsp3) is 0.235. The van der Waals surface area contributed by atoms with Gasteiger partial charge in [0.15, 0.2) is 12.1 Å². The van der Waals surface area contributed by atoms with Gasteiger partial charge in [-0.05, 0) is 12.5 Å². The Balaban J connectivity index is 1.75. The zero-order chi connectivity index (χ0) is 15.8. The highest BCUT2D eigenvalue weighted by atomic mass is 16.3. The summed E-state index contributed by atoms with van der Waals surface area (Å²) in [4.78, 5) is 23.2. The SMILES string of the molecule is Cc1ocnc1C(=O)N1Cc2nccn2C[C@@H]1c1ccccc1. The first-order chi connectivity index (χ1) is 11.2. The van der Waals surface area contributed by atoms with Crippen LogP contribution in [-0.4, -0.2) is 25.3 Å². The minimum atomic E-state index is -0.126. The van der Waals surface area contributed by atoms with Gasteiger partial charge in [0.05, 0.1) is 12.6 Å². The number of carbonyl (C=O) groups is 1. The first-order valence-corrected chi connectivity index (χ1v) is 7.50. The van der Waals surface area contributed by atoms with Crippen LogP contribution in [0.4, 0.5) is 0 Å². The molecule has 2 aromatic heterocycles. The van der Waals surface area contributed by atoms with Gasteiger partial charge in [0.2, 0.25) is 0 Å². The normalized spacial score (nSPS) is 17.1. The quantitative estimate of drug-likeness (QED) is 0.730. The summed E-state index contributed by atoms with van der Waals surface area (Å²) in [6.07, 6.45) is 5.03. The van der Waals surface area contributed by atoms with Gasteiger partial charge in [0.25, 0.3) is 5.91 Å². The highest BCUT2D eigenvalue weighted by molar-refractivity contribution is 5.93. The third-order valence-electron chi connectivity index (χ3n) is 4.25. The van der Waals surface area contributed by atoms with Gasteiger partial charge in [-0.1, -0.05) is 30.3 Å². The van der Waals surface area contributed by atoms with Crippen molar-refractivity contribution in [1.29, 1.82) is 0 Å². The van der Waals surface area contributed by atoms with Gasteiger partial charge in [-0.3, -0.25) is 4.79 Å². The van der Waals surface area contributed by atoms with E-state index in [-0.39, 0.29) is 11.9 Å². The molecule has 0 bridgehead atoms. The number of rotatable bonds is 2. The Labute approximate surface area is 133 Å². The van der Waals surface area contributed by atoms with Crippen LogP contribution in [0, 0.1) is 6.92 Å². The van der Waals surface area contributed by atoms with Crippen LogP contribution < -0.4 is 0 Å². The molecule has 6 heteroatoms. The van der Waals surface area contributed by atoms with E-state index in [0.29, 0.717) is 24.5 Å². The molecule has 3 heterocycles. The Morgan fingerprint density at radius 1 is 1.26 bits per heavy atom. The van der Waals surface area contributed by atoms with Crippen molar-refractivity contribution in [3.8, 4) is 0 Å². The van der Waals surface area contributed by atoms with E-state index in [4.69, 9.17) is 4.42 Å². The van der Waals surface area contributed by atoms with E-state index in [1.807, 2.05) is 41.4 Å². The monoisotopic (exact) mass is 308 g/mol. The summed E-state index contributed by atoms with van der Waals surface area (Å²) in [6.45, 7) is 2.89. The summed E-state index contributed by atoms with van der Waals surface area (Å²) in [7, 11) is 0. The molecule has 0 unspecified atom stereocenters. The standard InChI is InChI=1S/C17H16N4O2/c1-12-16(19-11-23-12)17(22)21-10-15-18-7-8-20(15)9-14(21)13-5-3-2-4-6-13/h2-8,11,14H,9-10H2,1H3/t14-/m1/s1. The topological polar surface area (TPSA) is 64.2 Å². The Bertz CT molecular complexity index is 837. The molecule has 0 saturated heterocycles. The van der Waals surface area contributed by atoms with Crippen molar-refractivity contribution in [1.82, 2.24) is 19.4 Å². The number of nitrogens with zero attached hydrogens (tertiary/aromatic N) is 4. The molecule has 0 spiro atoms. The molecule has 0 radical (unpaired) electrons. The van der Waals surface area contributed by atoms with E-state index in [1.54, 1.807) is 13.1 Å². The lowest BCUT2D eigenvalue weighted by atomic mass is 10.0. The second kappa shape index (κ2) is 5.39. The third-order valence-corrected chi connectivity index (χ3v) is 4.25. The Kier molecular flexibility index (Phi) is 3.22. The van der Waals surface area contributed by atoms with E-state index < -0.39 is 0 Å². The first-order valence-electron chi connectivity index (χ1n) is 7.50. The molecule has 116 valence electrons. The van der Waals surface area contributed by atoms with Crippen molar-refractivity contribution in [2.45, 2.75) is 26.1 Å². The summed E-state index contributed by atoms with van der Waals surface area (Å²) in [5.74, 6) is 1.29. The third kappa shape index (κ3) is 2.32. The van der Waals surface area contributed by atoms with Crippen LogP contribution in [0.2, 0.25) is 0 Å². The van der Waals surface area contributed by atoms with E-state index >= 15 is 0 Å². The second-order valence-corrected chi connectivity index (χ2v) is 5.61. The zero-order valence-corrected chi connectivity index (χ0v) is 12.7. The highest BCUT2D eigenvalue weighted by Crippen LogP contribution is 2.30. The van der Waals surface area contributed by atoms with Crippen LogP contribution in [0.3, 0.4) is 0 Å². The lowest BCUT2D eigenvalue weighted by Gasteiger charge is -2.36. The molecule has 1 aliphatic rings. The molecular weight excluding hydrogens is 292 g/mol. The molecule has 0 saturated carbocycles. The highest BCUT2D eigenvalue weighted by Gasteiger charge is 2.33. The van der Waals surface area contributed by atoms with Crippen molar-refractivity contribution < 1.29 is 9.21 Å². The molecule has 0 aliphatic carbocycles. The van der Waals surface area contributed by atoms with Gasteiger partial charge in [0.1, 0.15) is 11.6 Å². The minimum Gasteiger partial charge on any atom is -0.448 e. The molecule has 0 fully saturated rings. The fourth-order valence-corrected chi connectivity index (χ4v) is 3.03. The predicted octanol–water partition coefficient (Wildman–Crippen LogP) is 2.58. The van der Waals surface area contributed by atoms with Crippen molar-refractivity contribution in [2.24, 2.45) is 0 Å². The molecule has 3 aromatic rings. The molecule has 1 amide bonds. The van der Waals surface area contributed by atoms with Crippen LogP contribution in [0.1, 0.15) is 33.7 Å². The lowest BCUT2D eigenvalue weighted by molar-refractivity contribution is 0.0577. The molecule has 4 rings (SSSR count). The van der Waals surface area contributed by atoms with Crippen molar-refractivity contribution >= 4 is 5.91 Å². The zero-order valence-electron chi connectivity index (χ0n) is 12.7. The molecule has 1 atom stereocenters. The van der Waals surface area contributed by atoms with E-state index in [0.717, 1.165) is 11.4 Å². The molecule has 6 nitrogen and oxygen atoms in total. The van der Waals surface area contributed by atoms with Crippen LogP contribution in [0.25, 0.3) is 0 Å². The van der Waals surface area contributed by atoms with E-state index in [9.17, 15) is 4.79 Å².